The van der Waals surface area contributed by atoms with Gasteiger partial charge >= 0.3 is 0 Å². The van der Waals surface area contributed by atoms with Crippen LogP contribution in [0.3, 0.4) is 0 Å². The van der Waals surface area contributed by atoms with Crippen molar-refractivity contribution in [2.24, 2.45) is 0 Å². The maximum absolute atomic E-state index is 11.5. The van der Waals surface area contributed by atoms with Gasteiger partial charge in [-0.2, -0.15) is 0 Å². The van der Waals surface area contributed by atoms with Crippen molar-refractivity contribution in [1.82, 2.24) is 4.90 Å². The Morgan fingerprint density at radius 2 is 1.73 bits per heavy atom. The number of rotatable bonds is 2. The van der Waals surface area contributed by atoms with Crippen molar-refractivity contribution in [3.05, 3.63) is 35.9 Å². The first-order valence-corrected chi connectivity index (χ1v) is 5.23. The Hall–Kier alpha value is -1.31. The van der Waals surface area contributed by atoms with E-state index in [2.05, 4.69) is 20.8 Å². The molecule has 0 spiro atoms. The molecule has 1 amide bonds. The highest BCUT2D eigenvalue weighted by atomic mass is 16.2. The van der Waals surface area contributed by atoms with Gasteiger partial charge in [0.1, 0.15) is 0 Å². The van der Waals surface area contributed by atoms with Crippen LogP contribution in [0.5, 0.6) is 0 Å². The zero-order valence-corrected chi connectivity index (χ0v) is 9.95. The molecule has 0 aromatic heterocycles. The molecule has 0 saturated carbocycles. The quantitative estimate of drug-likeness (QED) is 0.727. The topological polar surface area (TPSA) is 20.3 Å². The van der Waals surface area contributed by atoms with Gasteiger partial charge in [0.25, 0.3) is 0 Å². The second-order valence-corrected chi connectivity index (χ2v) is 4.76. The van der Waals surface area contributed by atoms with Crippen LogP contribution in [0.4, 0.5) is 0 Å². The van der Waals surface area contributed by atoms with E-state index in [0.717, 1.165) is 0 Å². The monoisotopic (exact) mass is 205 g/mol. The van der Waals surface area contributed by atoms with Crippen LogP contribution in [0.25, 0.3) is 0 Å². The SMILES string of the molecule is CC(=O)N(Cc1ccccc1)C(C)(C)C. The molecule has 1 aromatic carbocycles. The molecule has 0 aliphatic carbocycles. The summed E-state index contributed by atoms with van der Waals surface area (Å²) in [4.78, 5) is 13.4. The molecule has 2 nitrogen and oxygen atoms in total. The predicted molar refractivity (Wildman–Crippen MR) is 62.4 cm³/mol. The Kier molecular flexibility index (Phi) is 3.51. The number of hydrogen-bond acceptors (Lipinski definition) is 1. The number of carbonyl (C=O) groups is 1. The molecule has 0 bridgehead atoms. The molecule has 0 radical (unpaired) electrons. The third-order valence-corrected chi connectivity index (χ3v) is 2.37. The second kappa shape index (κ2) is 4.47. The molecule has 0 unspecified atom stereocenters. The lowest BCUT2D eigenvalue weighted by Crippen LogP contribution is -2.43. The summed E-state index contributed by atoms with van der Waals surface area (Å²) in [6.45, 7) is 8.46. The summed E-state index contributed by atoms with van der Waals surface area (Å²) >= 11 is 0. The Balaban J connectivity index is 2.82. The lowest BCUT2D eigenvalue weighted by Gasteiger charge is -2.35. The molecule has 1 rings (SSSR count). The van der Waals surface area contributed by atoms with E-state index in [-0.39, 0.29) is 11.4 Å². The normalized spacial score (nSPS) is 11.2. The fourth-order valence-corrected chi connectivity index (χ4v) is 1.59. The summed E-state index contributed by atoms with van der Waals surface area (Å²) in [5.41, 5.74) is 1.05. The third-order valence-electron chi connectivity index (χ3n) is 2.37. The van der Waals surface area contributed by atoms with Crippen molar-refractivity contribution in [3.63, 3.8) is 0 Å². The molecule has 0 N–H and O–H groups in total. The second-order valence-electron chi connectivity index (χ2n) is 4.76. The first kappa shape index (κ1) is 11.8. The molecule has 2 heteroatoms. The highest BCUT2D eigenvalue weighted by Crippen LogP contribution is 2.17. The highest BCUT2D eigenvalue weighted by Gasteiger charge is 2.23. The van der Waals surface area contributed by atoms with Crippen molar-refractivity contribution in [2.75, 3.05) is 0 Å². The van der Waals surface area contributed by atoms with E-state index in [1.807, 2.05) is 35.2 Å². The summed E-state index contributed by atoms with van der Waals surface area (Å²) in [5, 5.41) is 0. The van der Waals surface area contributed by atoms with Crippen LogP contribution in [0, 0.1) is 0 Å². The molecule has 0 fully saturated rings. The van der Waals surface area contributed by atoms with E-state index in [1.54, 1.807) is 6.92 Å². The minimum absolute atomic E-state index is 0.117. The van der Waals surface area contributed by atoms with Gasteiger partial charge in [0.15, 0.2) is 0 Å². The predicted octanol–water partition coefficient (Wildman–Crippen LogP) is 2.83. The average molecular weight is 205 g/mol. The van der Waals surface area contributed by atoms with E-state index in [0.29, 0.717) is 6.54 Å². The van der Waals surface area contributed by atoms with Crippen LogP contribution in [0.1, 0.15) is 33.3 Å². The van der Waals surface area contributed by atoms with Crippen LogP contribution in [0.2, 0.25) is 0 Å². The van der Waals surface area contributed by atoms with E-state index in [4.69, 9.17) is 0 Å². The van der Waals surface area contributed by atoms with Gasteiger partial charge in [0.2, 0.25) is 5.91 Å². The Bertz CT molecular complexity index is 324. The van der Waals surface area contributed by atoms with Gasteiger partial charge in [-0.1, -0.05) is 30.3 Å². The fourth-order valence-electron chi connectivity index (χ4n) is 1.59. The number of benzene rings is 1. The van der Waals surface area contributed by atoms with Gasteiger partial charge in [0.05, 0.1) is 0 Å². The fraction of sp³-hybridized carbons (Fsp3) is 0.462. The average Bonchev–Trinajstić information content (AvgIpc) is 2.13. The molecule has 82 valence electrons. The molecule has 0 saturated heterocycles. The molecular weight excluding hydrogens is 186 g/mol. The number of carbonyl (C=O) groups excluding carboxylic acids is 1. The van der Waals surface area contributed by atoms with Crippen LogP contribution < -0.4 is 0 Å². The van der Waals surface area contributed by atoms with Crippen LogP contribution in [-0.2, 0) is 11.3 Å². The lowest BCUT2D eigenvalue weighted by molar-refractivity contribution is -0.134. The molecule has 0 aliphatic heterocycles. The number of hydrogen-bond donors (Lipinski definition) is 0. The van der Waals surface area contributed by atoms with E-state index < -0.39 is 0 Å². The summed E-state index contributed by atoms with van der Waals surface area (Å²) in [6, 6.07) is 10.1. The lowest BCUT2D eigenvalue weighted by atomic mass is 10.0. The van der Waals surface area contributed by atoms with Crippen LogP contribution in [0.15, 0.2) is 30.3 Å². The zero-order valence-electron chi connectivity index (χ0n) is 9.95. The van der Waals surface area contributed by atoms with E-state index in [9.17, 15) is 4.79 Å². The highest BCUT2D eigenvalue weighted by molar-refractivity contribution is 5.74. The first-order valence-electron chi connectivity index (χ1n) is 5.23. The van der Waals surface area contributed by atoms with Gasteiger partial charge < -0.3 is 4.90 Å². The van der Waals surface area contributed by atoms with Crippen LogP contribution in [-0.4, -0.2) is 16.3 Å². The van der Waals surface area contributed by atoms with Gasteiger partial charge in [-0.25, -0.2) is 0 Å². The van der Waals surface area contributed by atoms with Crippen molar-refractivity contribution < 1.29 is 4.79 Å². The van der Waals surface area contributed by atoms with Gasteiger partial charge in [-0.3, -0.25) is 4.79 Å². The maximum atomic E-state index is 11.5. The molecule has 0 atom stereocenters. The number of nitrogens with zero attached hydrogens (tertiary/aromatic N) is 1. The minimum atomic E-state index is -0.123. The molecule has 0 aliphatic rings. The minimum Gasteiger partial charge on any atom is -0.334 e. The Morgan fingerprint density at radius 3 is 2.13 bits per heavy atom. The van der Waals surface area contributed by atoms with E-state index in [1.165, 1.54) is 5.56 Å². The van der Waals surface area contributed by atoms with Gasteiger partial charge in [0, 0.05) is 19.0 Å². The van der Waals surface area contributed by atoms with Crippen molar-refractivity contribution in [1.29, 1.82) is 0 Å². The standard InChI is InChI=1S/C13H19NO/c1-11(15)14(13(2,3)4)10-12-8-6-5-7-9-12/h5-9H,10H2,1-4H3. The van der Waals surface area contributed by atoms with Crippen molar-refractivity contribution >= 4 is 5.91 Å². The summed E-state index contributed by atoms with van der Waals surface area (Å²) in [6.07, 6.45) is 0. The molecule has 1 aromatic rings. The Morgan fingerprint density at radius 1 is 1.20 bits per heavy atom. The summed E-state index contributed by atoms with van der Waals surface area (Å²) in [5.74, 6) is 0.117. The van der Waals surface area contributed by atoms with Crippen LogP contribution >= 0.6 is 0 Å². The molecular formula is C13H19NO. The first-order chi connectivity index (χ1) is 6.91. The maximum Gasteiger partial charge on any atom is 0.220 e. The zero-order chi connectivity index (χ0) is 11.5. The van der Waals surface area contributed by atoms with Crippen molar-refractivity contribution in [2.45, 2.75) is 39.8 Å². The van der Waals surface area contributed by atoms with Crippen molar-refractivity contribution in [3.8, 4) is 0 Å². The van der Waals surface area contributed by atoms with Gasteiger partial charge in [-0.15, -0.1) is 0 Å². The third kappa shape index (κ3) is 3.39. The smallest absolute Gasteiger partial charge is 0.220 e. The summed E-state index contributed by atoms with van der Waals surface area (Å²) < 4.78 is 0. The summed E-state index contributed by atoms with van der Waals surface area (Å²) in [7, 11) is 0. The molecule has 0 heterocycles. The molecule has 15 heavy (non-hydrogen) atoms. The largest absolute Gasteiger partial charge is 0.334 e. The number of amides is 1. The van der Waals surface area contributed by atoms with E-state index >= 15 is 0 Å². The Labute approximate surface area is 91.9 Å². The van der Waals surface area contributed by atoms with Gasteiger partial charge in [-0.05, 0) is 26.3 Å².